The summed E-state index contributed by atoms with van der Waals surface area (Å²) in [6.07, 6.45) is 0. The first-order valence-corrected chi connectivity index (χ1v) is 6.56. The number of carbonyl (C=O) groups excluding carboxylic acids is 1. The quantitative estimate of drug-likeness (QED) is 0.865. The molecule has 0 saturated heterocycles. The van der Waals surface area contributed by atoms with Crippen LogP contribution >= 0.6 is 34.8 Å². The monoisotopic (exact) mass is 309 g/mol. The minimum absolute atomic E-state index is 0.0987. The summed E-state index contributed by atoms with van der Waals surface area (Å²) < 4.78 is 5.33. The number of methoxy groups -OCH3 is 1. The second-order valence-electron chi connectivity index (χ2n) is 3.80. The number of ether oxygens (including phenoxy) is 1. The zero-order chi connectivity index (χ0) is 13.9. The van der Waals surface area contributed by atoms with E-state index in [0.717, 1.165) is 11.1 Å². The van der Waals surface area contributed by atoms with Crippen molar-refractivity contribution in [2.24, 2.45) is 0 Å². The van der Waals surface area contributed by atoms with Crippen LogP contribution < -0.4 is 10.1 Å². The summed E-state index contributed by atoms with van der Waals surface area (Å²) in [4.78, 5) is 11.2. The second-order valence-corrected chi connectivity index (χ2v) is 4.82. The maximum absolute atomic E-state index is 11.2. The van der Waals surface area contributed by atoms with Gasteiger partial charge in [-0.2, -0.15) is 0 Å². The van der Waals surface area contributed by atoms with Gasteiger partial charge in [0.2, 0.25) is 5.91 Å². The summed E-state index contributed by atoms with van der Waals surface area (Å²) in [5.74, 6) is 0.263. The van der Waals surface area contributed by atoms with Gasteiger partial charge >= 0.3 is 0 Å². The first-order valence-electron chi connectivity index (χ1n) is 5.27. The number of hydrogen-bond acceptors (Lipinski definition) is 2. The number of rotatable bonds is 4. The molecule has 0 unspecified atom stereocenters. The standard InChI is InChI=1S/C12H14Cl3NO2/c1-6-7(2)12(18-3)8(11(15)10(6)14)5-16-9(17)4-13/h4-5H2,1-3H3,(H,16,17). The van der Waals surface area contributed by atoms with Gasteiger partial charge in [-0.15, -0.1) is 11.6 Å². The predicted molar refractivity (Wildman–Crippen MR) is 75.1 cm³/mol. The van der Waals surface area contributed by atoms with Crippen molar-refractivity contribution in [3.63, 3.8) is 0 Å². The molecule has 6 heteroatoms. The fourth-order valence-corrected chi connectivity index (χ4v) is 2.27. The van der Waals surface area contributed by atoms with E-state index in [4.69, 9.17) is 39.5 Å². The van der Waals surface area contributed by atoms with Crippen LogP contribution in [0.5, 0.6) is 5.75 Å². The lowest BCUT2D eigenvalue weighted by atomic mass is 10.0. The van der Waals surface area contributed by atoms with Gasteiger partial charge in [-0.1, -0.05) is 23.2 Å². The van der Waals surface area contributed by atoms with Crippen molar-refractivity contribution in [1.29, 1.82) is 0 Å². The van der Waals surface area contributed by atoms with Crippen molar-refractivity contribution in [1.82, 2.24) is 5.32 Å². The number of nitrogens with one attached hydrogen (secondary N) is 1. The van der Waals surface area contributed by atoms with Gasteiger partial charge < -0.3 is 10.1 Å². The van der Waals surface area contributed by atoms with Crippen molar-refractivity contribution in [2.45, 2.75) is 20.4 Å². The molecule has 1 amide bonds. The molecule has 1 rings (SSSR count). The molecule has 100 valence electrons. The third-order valence-corrected chi connectivity index (χ3v) is 3.98. The summed E-state index contributed by atoms with van der Waals surface area (Å²) in [5.41, 5.74) is 2.43. The first kappa shape index (κ1) is 15.4. The largest absolute Gasteiger partial charge is 0.496 e. The minimum Gasteiger partial charge on any atom is -0.496 e. The predicted octanol–water partition coefficient (Wildman–Crippen LogP) is 3.47. The van der Waals surface area contributed by atoms with E-state index in [1.165, 1.54) is 0 Å². The number of halogens is 3. The Morgan fingerprint density at radius 1 is 1.22 bits per heavy atom. The Kier molecular flexibility index (Phi) is 5.57. The van der Waals surface area contributed by atoms with Gasteiger partial charge in [-0.05, 0) is 25.0 Å². The molecule has 1 aromatic carbocycles. The van der Waals surface area contributed by atoms with Crippen LogP contribution in [-0.4, -0.2) is 18.9 Å². The van der Waals surface area contributed by atoms with Crippen LogP contribution in [0.25, 0.3) is 0 Å². The van der Waals surface area contributed by atoms with Gasteiger partial charge in [-0.25, -0.2) is 0 Å². The molecule has 0 radical (unpaired) electrons. The average molecular weight is 311 g/mol. The van der Waals surface area contributed by atoms with Crippen LogP contribution in [-0.2, 0) is 11.3 Å². The average Bonchev–Trinajstić information content (AvgIpc) is 2.38. The maximum Gasteiger partial charge on any atom is 0.235 e. The van der Waals surface area contributed by atoms with Gasteiger partial charge in [-0.3, -0.25) is 4.79 Å². The Morgan fingerprint density at radius 2 is 1.83 bits per heavy atom. The summed E-state index contributed by atoms with van der Waals surface area (Å²) in [7, 11) is 1.55. The number of amides is 1. The molecule has 0 aliphatic carbocycles. The third kappa shape index (κ3) is 3.02. The fourth-order valence-electron chi connectivity index (χ4n) is 1.63. The SMILES string of the molecule is COc1c(C)c(C)c(Cl)c(Cl)c1CNC(=O)CCl. The Bertz CT molecular complexity index is 475. The summed E-state index contributed by atoms with van der Waals surface area (Å²) in [5, 5.41) is 3.52. The van der Waals surface area contributed by atoms with Crippen molar-refractivity contribution in [3.8, 4) is 5.75 Å². The topological polar surface area (TPSA) is 38.3 Å². The van der Waals surface area contributed by atoms with Crippen LogP contribution in [0.3, 0.4) is 0 Å². The van der Waals surface area contributed by atoms with Gasteiger partial charge in [0.05, 0.1) is 17.2 Å². The van der Waals surface area contributed by atoms with E-state index in [1.807, 2.05) is 13.8 Å². The highest BCUT2D eigenvalue weighted by atomic mass is 35.5. The highest BCUT2D eigenvalue weighted by molar-refractivity contribution is 6.43. The molecule has 0 atom stereocenters. The highest BCUT2D eigenvalue weighted by Crippen LogP contribution is 2.39. The van der Waals surface area contributed by atoms with E-state index >= 15 is 0 Å². The summed E-state index contributed by atoms with van der Waals surface area (Å²) in [6, 6.07) is 0. The fraction of sp³-hybridized carbons (Fsp3) is 0.417. The van der Waals surface area contributed by atoms with Crippen molar-refractivity contribution < 1.29 is 9.53 Å². The van der Waals surface area contributed by atoms with E-state index in [1.54, 1.807) is 7.11 Å². The van der Waals surface area contributed by atoms with Crippen molar-refractivity contribution >= 4 is 40.7 Å². The van der Waals surface area contributed by atoms with E-state index in [2.05, 4.69) is 5.32 Å². The Labute approximate surface area is 121 Å². The van der Waals surface area contributed by atoms with Crippen LogP contribution in [0.1, 0.15) is 16.7 Å². The molecule has 1 N–H and O–H groups in total. The molecule has 0 spiro atoms. The number of alkyl halides is 1. The lowest BCUT2D eigenvalue weighted by Gasteiger charge is -2.17. The molecule has 0 heterocycles. The summed E-state index contributed by atoms with van der Waals surface area (Å²) >= 11 is 17.7. The van der Waals surface area contributed by atoms with Gasteiger partial charge in [0.15, 0.2) is 0 Å². The maximum atomic E-state index is 11.2. The van der Waals surface area contributed by atoms with Crippen molar-refractivity contribution in [2.75, 3.05) is 13.0 Å². The zero-order valence-corrected chi connectivity index (χ0v) is 12.6. The van der Waals surface area contributed by atoms with Gasteiger partial charge in [0, 0.05) is 12.1 Å². The lowest BCUT2D eigenvalue weighted by Crippen LogP contribution is -2.24. The molecular formula is C12H14Cl3NO2. The molecule has 0 aromatic heterocycles. The molecule has 1 aromatic rings. The van der Waals surface area contributed by atoms with Gasteiger partial charge in [0.1, 0.15) is 11.6 Å². The van der Waals surface area contributed by atoms with Gasteiger partial charge in [0.25, 0.3) is 0 Å². The van der Waals surface area contributed by atoms with Crippen LogP contribution in [0, 0.1) is 13.8 Å². The van der Waals surface area contributed by atoms with E-state index in [-0.39, 0.29) is 18.3 Å². The molecule has 3 nitrogen and oxygen atoms in total. The number of hydrogen-bond donors (Lipinski definition) is 1. The Morgan fingerprint density at radius 3 is 2.33 bits per heavy atom. The first-order chi connectivity index (χ1) is 8.43. The van der Waals surface area contributed by atoms with Crippen LogP contribution in [0.2, 0.25) is 10.0 Å². The highest BCUT2D eigenvalue weighted by Gasteiger charge is 2.18. The molecule has 18 heavy (non-hydrogen) atoms. The van der Waals surface area contributed by atoms with E-state index in [9.17, 15) is 4.79 Å². The Hall–Kier alpha value is -0.640. The molecule has 0 saturated carbocycles. The minimum atomic E-state index is -0.274. The molecule has 0 fully saturated rings. The zero-order valence-electron chi connectivity index (χ0n) is 10.4. The van der Waals surface area contributed by atoms with Crippen LogP contribution in [0.4, 0.5) is 0 Å². The lowest BCUT2D eigenvalue weighted by molar-refractivity contribution is -0.118. The smallest absolute Gasteiger partial charge is 0.235 e. The van der Waals surface area contributed by atoms with E-state index < -0.39 is 0 Å². The summed E-state index contributed by atoms with van der Waals surface area (Å²) in [6.45, 7) is 3.99. The molecule has 0 aliphatic heterocycles. The van der Waals surface area contributed by atoms with Crippen molar-refractivity contribution in [3.05, 3.63) is 26.7 Å². The number of carbonyl (C=O) groups is 1. The molecular weight excluding hydrogens is 296 g/mol. The van der Waals surface area contributed by atoms with E-state index in [0.29, 0.717) is 21.4 Å². The molecule has 0 aliphatic rings. The Balaban J connectivity index is 3.20. The van der Waals surface area contributed by atoms with Crippen LogP contribution in [0.15, 0.2) is 0 Å². The third-order valence-electron chi connectivity index (χ3n) is 2.75. The second kappa shape index (κ2) is 6.50. The number of benzene rings is 1. The normalized spacial score (nSPS) is 10.3. The molecule has 0 bridgehead atoms.